The monoisotopic (exact) mass is 270 g/mol. The van der Waals surface area contributed by atoms with E-state index in [9.17, 15) is 0 Å². The van der Waals surface area contributed by atoms with Gasteiger partial charge in [-0.15, -0.1) is 0 Å². The van der Waals surface area contributed by atoms with Crippen LogP contribution in [0.3, 0.4) is 0 Å². The van der Waals surface area contributed by atoms with Crippen molar-refractivity contribution in [1.82, 2.24) is 0 Å². The predicted molar refractivity (Wildman–Crippen MR) is 75.8 cm³/mol. The Morgan fingerprint density at radius 3 is 1.95 bits per heavy atom. The summed E-state index contributed by atoms with van der Waals surface area (Å²) in [5, 5.41) is 0.524. The third kappa shape index (κ3) is 2.35. The number of allylic oxidation sites excluding steroid dienone is 2. The molecular weight excluding hydrogens is 260 g/mol. The minimum absolute atomic E-state index is 0.524. The summed E-state index contributed by atoms with van der Waals surface area (Å²) in [4.78, 5) is 10.3. The maximum atomic E-state index is 6.26. The lowest BCUT2D eigenvalue weighted by Crippen LogP contribution is -2.02. The van der Waals surface area contributed by atoms with Gasteiger partial charge in [0, 0.05) is 5.56 Å². The summed E-state index contributed by atoms with van der Waals surface area (Å²) >= 11 is 6.26. The first-order valence-corrected chi connectivity index (χ1v) is 6.28. The molecule has 2 nitrogen and oxygen atoms in total. The molecule has 19 heavy (non-hydrogen) atoms. The molecule has 0 unspecified atom stereocenters. The Balaban J connectivity index is 2.19. The zero-order valence-corrected chi connectivity index (χ0v) is 10.8. The van der Waals surface area contributed by atoms with Crippen LogP contribution in [-0.2, 0) is 9.78 Å². The van der Waals surface area contributed by atoms with Crippen LogP contribution < -0.4 is 0 Å². The summed E-state index contributed by atoms with van der Waals surface area (Å²) in [6.45, 7) is 0. The van der Waals surface area contributed by atoms with Gasteiger partial charge in [0.1, 0.15) is 0 Å². The van der Waals surface area contributed by atoms with Crippen molar-refractivity contribution in [3.63, 3.8) is 0 Å². The largest absolute Gasteiger partial charge is 0.296 e. The van der Waals surface area contributed by atoms with E-state index in [1.165, 1.54) is 6.26 Å². The van der Waals surface area contributed by atoms with Gasteiger partial charge in [0.2, 0.25) is 0 Å². The highest BCUT2D eigenvalue weighted by Gasteiger charge is 2.21. The van der Waals surface area contributed by atoms with E-state index in [0.29, 0.717) is 10.8 Å². The molecule has 0 aromatic heterocycles. The summed E-state index contributed by atoms with van der Waals surface area (Å²) in [6.07, 6.45) is 1.40. The van der Waals surface area contributed by atoms with Crippen LogP contribution in [0.4, 0.5) is 0 Å². The van der Waals surface area contributed by atoms with Crippen molar-refractivity contribution in [3.05, 3.63) is 83.1 Å². The number of halogens is 1. The van der Waals surface area contributed by atoms with E-state index in [0.717, 1.165) is 16.7 Å². The van der Waals surface area contributed by atoms with Crippen molar-refractivity contribution in [1.29, 1.82) is 0 Å². The van der Waals surface area contributed by atoms with Gasteiger partial charge in [-0.1, -0.05) is 72.3 Å². The summed E-state index contributed by atoms with van der Waals surface area (Å²) in [6, 6.07) is 19.6. The molecule has 0 spiro atoms. The fraction of sp³-hybridized carbons (Fsp3) is 0. The van der Waals surface area contributed by atoms with Crippen LogP contribution in [0.25, 0.3) is 11.3 Å². The Morgan fingerprint density at radius 2 is 1.32 bits per heavy atom. The number of benzene rings is 2. The van der Waals surface area contributed by atoms with Gasteiger partial charge in [-0.3, -0.25) is 9.78 Å². The van der Waals surface area contributed by atoms with Crippen LogP contribution in [0.5, 0.6) is 0 Å². The van der Waals surface area contributed by atoms with E-state index in [-0.39, 0.29) is 0 Å². The third-order valence-corrected chi connectivity index (χ3v) is 3.13. The topological polar surface area (TPSA) is 18.5 Å². The van der Waals surface area contributed by atoms with E-state index >= 15 is 0 Å². The first kappa shape index (κ1) is 11.9. The molecule has 0 bridgehead atoms. The predicted octanol–water partition coefficient (Wildman–Crippen LogP) is 4.60. The molecule has 1 heterocycles. The highest BCUT2D eigenvalue weighted by atomic mass is 35.5. The van der Waals surface area contributed by atoms with Crippen molar-refractivity contribution < 1.29 is 9.78 Å². The average molecular weight is 271 g/mol. The molecule has 0 aliphatic carbocycles. The second-order valence-corrected chi connectivity index (χ2v) is 4.49. The Bertz CT molecular complexity index is 630. The van der Waals surface area contributed by atoms with Gasteiger partial charge >= 0.3 is 0 Å². The minimum Gasteiger partial charge on any atom is -0.296 e. The molecular formula is C16H11ClO2. The van der Waals surface area contributed by atoms with Crippen molar-refractivity contribution >= 4 is 22.9 Å². The van der Waals surface area contributed by atoms with Crippen molar-refractivity contribution in [3.8, 4) is 0 Å². The number of rotatable bonds is 2. The van der Waals surface area contributed by atoms with Gasteiger partial charge in [-0.2, -0.15) is 0 Å². The summed E-state index contributed by atoms with van der Waals surface area (Å²) in [7, 11) is 0. The zero-order chi connectivity index (χ0) is 13.1. The molecule has 0 saturated carbocycles. The molecule has 0 amide bonds. The molecule has 94 valence electrons. The molecule has 2 aromatic rings. The Kier molecular flexibility index (Phi) is 3.25. The molecule has 0 fully saturated rings. The molecule has 0 N–H and O–H groups in total. The maximum Gasteiger partial charge on any atom is 0.195 e. The highest BCUT2D eigenvalue weighted by molar-refractivity contribution is 6.38. The molecule has 0 atom stereocenters. The van der Waals surface area contributed by atoms with Gasteiger partial charge in [0.25, 0.3) is 0 Å². The van der Waals surface area contributed by atoms with Crippen molar-refractivity contribution in [2.75, 3.05) is 0 Å². The van der Waals surface area contributed by atoms with Crippen molar-refractivity contribution in [2.24, 2.45) is 0 Å². The molecule has 3 rings (SSSR count). The lowest BCUT2D eigenvalue weighted by Gasteiger charge is -2.18. The molecule has 1 aliphatic rings. The summed E-state index contributed by atoms with van der Waals surface area (Å²) in [5.74, 6) is 0.624. The first-order chi connectivity index (χ1) is 9.36. The van der Waals surface area contributed by atoms with Gasteiger partial charge < -0.3 is 0 Å². The van der Waals surface area contributed by atoms with Gasteiger partial charge in [0.15, 0.2) is 12.0 Å². The maximum absolute atomic E-state index is 6.26. The average Bonchev–Trinajstić information content (AvgIpc) is 2.49. The lowest BCUT2D eigenvalue weighted by molar-refractivity contribution is -0.182. The van der Waals surface area contributed by atoms with Gasteiger partial charge in [-0.05, 0) is 5.56 Å². The zero-order valence-electron chi connectivity index (χ0n) is 10.0. The van der Waals surface area contributed by atoms with E-state index < -0.39 is 0 Å². The van der Waals surface area contributed by atoms with E-state index in [1.807, 2.05) is 60.7 Å². The highest BCUT2D eigenvalue weighted by Crippen LogP contribution is 2.37. The van der Waals surface area contributed by atoms with E-state index in [1.54, 1.807) is 0 Å². The fourth-order valence-electron chi connectivity index (χ4n) is 1.98. The standard InChI is InChI=1S/C16H11ClO2/c17-14-11-18-19-16(13-9-5-2-6-10-13)15(14)12-7-3-1-4-8-12/h1-11H. The summed E-state index contributed by atoms with van der Waals surface area (Å²) < 4.78 is 0. The molecule has 0 radical (unpaired) electrons. The van der Waals surface area contributed by atoms with E-state index in [4.69, 9.17) is 21.4 Å². The number of hydrogen-bond acceptors (Lipinski definition) is 2. The Hall–Kier alpha value is -2.19. The minimum atomic E-state index is 0.524. The van der Waals surface area contributed by atoms with Crippen LogP contribution in [0.1, 0.15) is 11.1 Å². The molecule has 2 aromatic carbocycles. The van der Waals surface area contributed by atoms with Crippen LogP contribution in [0.15, 0.2) is 72.0 Å². The number of hydrogen-bond donors (Lipinski definition) is 0. The van der Waals surface area contributed by atoms with Crippen LogP contribution in [-0.4, -0.2) is 0 Å². The first-order valence-electron chi connectivity index (χ1n) is 5.91. The van der Waals surface area contributed by atoms with E-state index in [2.05, 4.69) is 0 Å². The summed E-state index contributed by atoms with van der Waals surface area (Å²) in [5.41, 5.74) is 2.75. The SMILES string of the molecule is ClC1=COOC(c2ccccc2)=C1c1ccccc1. The van der Waals surface area contributed by atoms with Crippen LogP contribution >= 0.6 is 11.6 Å². The fourth-order valence-corrected chi connectivity index (χ4v) is 2.21. The Labute approximate surface area is 116 Å². The molecule has 1 aliphatic heterocycles. The van der Waals surface area contributed by atoms with Gasteiger partial charge in [-0.25, -0.2) is 0 Å². The van der Waals surface area contributed by atoms with Crippen molar-refractivity contribution in [2.45, 2.75) is 0 Å². The smallest absolute Gasteiger partial charge is 0.195 e. The Morgan fingerprint density at radius 1 is 0.737 bits per heavy atom. The lowest BCUT2D eigenvalue weighted by atomic mass is 10.0. The normalized spacial score (nSPS) is 14.5. The molecule has 3 heteroatoms. The van der Waals surface area contributed by atoms with Crippen LogP contribution in [0.2, 0.25) is 0 Å². The second kappa shape index (κ2) is 5.21. The van der Waals surface area contributed by atoms with Gasteiger partial charge in [0.05, 0.1) is 10.6 Å². The quantitative estimate of drug-likeness (QED) is 0.743. The van der Waals surface area contributed by atoms with Crippen LogP contribution in [0, 0.1) is 0 Å². The molecule has 0 saturated heterocycles. The second-order valence-electron chi connectivity index (χ2n) is 4.08. The third-order valence-electron chi connectivity index (χ3n) is 2.85.